The van der Waals surface area contributed by atoms with Gasteiger partial charge in [0.25, 0.3) is 0 Å². The van der Waals surface area contributed by atoms with E-state index in [1.54, 1.807) is 17.4 Å². The topological polar surface area (TPSA) is 12.0 Å². The van der Waals surface area contributed by atoms with E-state index in [-0.39, 0.29) is 11.9 Å². The van der Waals surface area contributed by atoms with Gasteiger partial charge in [0.1, 0.15) is 5.82 Å². The second kappa shape index (κ2) is 6.51. The third-order valence-corrected chi connectivity index (χ3v) is 4.78. The van der Waals surface area contributed by atoms with Gasteiger partial charge < -0.3 is 5.32 Å². The van der Waals surface area contributed by atoms with Gasteiger partial charge in [-0.3, -0.25) is 0 Å². The molecule has 4 heteroatoms. The second-order valence-corrected chi connectivity index (χ2v) is 5.79. The lowest BCUT2D eigenvalue weighted by Gasteiger charge is -2.19. The summed E-state index contributed by atoms with van der Waals surface area (Å²) in [5, 5.41) is 6.13. The summed E-state index contributed by atoms with van der Waals surface area (Å²) in [5.74, 6) is -0.196. The maximum absolute atomic E-state index is 14.0. The molecule has 0 saturated heterocycles. The highest BCUT2D eigenvalue weighted by molar-refractivity contribution is 7.10. The lowest BCUT2D eigenvalue weighted by Crippen LogP contribution is -2.23. The average Bonchev–Trinajstić information content (AvgIpc) is 2.73. The van der Waals surface area contributed by atoms with Crippen LogP contribution in [-0.4, -0.2) is 6.54 Å². The quantitative estimate of drug-likeness (QED) is 0.824. The molecule has 0 fully saturated rings. The molecule has 0 spiro atoms. The highest BCUT2D eigenvalue weighted by atomic mass is 35.5. The third-order valence-electron chi connectivity index (χ3n) is 3.00. The van der Waals surface area contributed by atoms with E-state index in [0.717, 1.165) is 28.4 Å². The van der Waals surface area contributed by atoms with Gasteiger partial charge in [0.15, 0.2) is 0 Å². The zero-order valence-corrected chi connectivity index (χ0v) is 12.6. The summed E-state index contributed by atoms with van der Waals surface area (Å²) in [7, 11) is 0. The fourth-order valence-corrected chi connectivity index (χ4v) is 3.38. The van der Waals surface area contributed by atoms with E-state index in [1.807, 2.05) is 24.4 Å². The van der Waals surface area contributed by atoms with Crippen molar-refractivity contribution in [3.8, 4) is 0 Å². The van der Waals surface area contributed by atoms with Crippen molar-refractivity contribution in [3.05, 3.63) is 56.5 Å². The smallest absolute Gasteiger partial charge is 0.128 e. The Balaban J connectivity index is 2.42. The van der Waals surface area contributed by atoms with E-state index in [4.69, 9.17) is 11.6 Å². The van der Waals surface area contributed by atoms with Crippen LogP contribution in [0, 0.1) is 12.7 Å². The minimum absolute atomic E-state index is 0.174. The lowest BCUT2D eigenvalue weighted by atomic mass is 10.0. The van der Waals surface area contributed by atoms with Crippen LogP contribution in [0.4, 0.5) is 4.39 Å². The van der Waals surface area contributed by atoms with Crippen LogP contribution in [-0.2, 0) is 0 Å². The molecular formula is C15H17ClFNS. The third kappa shape index (κ3) is 3.16. The van der Waals surface area contributed by atoms with Crippen molar-refractivity contribution in [2.24, 2.45) is 0 Å². The molecule has 0 amide bonds. The van der Waals surface area contributed by atoms with Crippen molar-refractivity contribution in [1.29, 1.82) is 0 Å². The van der Waals surface area contributed by atoms with Gasteiger partial charge in [-0.1, -0.05) is 36.7 Å². The summed E-state index contributed by atoms with van der Waals surface area (Å²) in [4.78, 5) is 0.984. The number of halogens is 2. The molecule has 0 radical (unpaired) electrons. The van der Waals surface area contributed by atoms with Crippen molar-refractivity contribution in [2.45, 2.75) is 26.3 Å². The van der Waals surface area contributed by atoms with Crippen LogP contribution < -0.4 is 5.32 Å². The molecule has 1 N–H and O–H groups in total. The zero-order valence-electron chi connectivity index (χ0n) is 11.0. The molecule has 2 aromatic rings. The van der Waals surface area contributed by atoms with Crippen LogP contribution in [0.15, 0.2) is 29.6 Å². The van der Waals surface area contributed by atoms with E-state index < -0.39 is 0 Å². The number of nitrogens with one attached hydrogen (secondary N) is 1. The second-order valence-electron chi connectivity index (χ2n) is 4.51. The number of thiophene rings is 1. The van der Waals surface area contributed by atoms with E-state index in [1.165, 1.54) is 6.07 Å². The van der Waals surface area contributed by atoms with Gasteiger partial charge in [0.05, 0.1) is 11.1 Å². The Kier molecular flexibility index (Phi) is 4.97. The largest absolute Gasteiger partial charge is 0.305 e. The Labute approximate surface area is 122 Å². The Morgan fingerprint density at radius 1 is 1.37 bits per heavy atom. The molecule has 0 bridgehead atoms. The van der Waals surface area contributed by atoms with Crippen LogP contribution in [0.2, 0.25) is 5.02 Å². The van der Waals surface area contributed by atoms with Crippen LogP contribution in [0.25, 0.3) is 0 Å². The molecule has 1 nitrogen and oxygen atoms in total. The summed E-state index contributed by atoms with van der Waals surface area (Å²) < 4.78 is 14.0. The first kappa shape index (κ1) is 14.5. The van der Waals surface area contributed by atoms with Gasteiger partial charge in [-0.2, -0.15) is 0 Å². The first-order valence-corrected chi connectivity index (χ1v) is 7.62. The minimum atomic E-state index is -0.196. The number of hydrogen-bond acceptors (Lipinski definition) is 2. The molecule has 1 heterocycles. The van der Waals surface area contributed by atoms with Crippen molar-refractivity contribution < 1.29 is 4.39 Å². The number of hydrogen-bond donors (Lipinski definition) is 1. The first-order valence-electron chi connectivity index (χ1n) is 6.36. The summed E-state index contributed by atoms with van der Waals surface area (Å²) in [6.45, 7) is 4.89. The summed E-state index contributed by atoms with van der Waals surface area (Å²) in [5.41, 5.74) is 1.70. The van der Waals surface area contributed by atoms with Gasteiger partial charge in [0.2, 0.25) is 0 Å². The van der Waals surface area contributed by atoms with E-state index in [2.05, 4.69) is 12.2 Å². The van der Waals surface area contributed by atoms with Gasteiger partial charge in [-0.15, -0.1) is 11.3 Å². The Bertz CT molecular complexity index is 553. The molecule has 19 heavy (non-hydrogen) atoms. The number of rotatable bonds is 5. The molecule has 0 saturated carbocycles. The predicted molar refractivity (Wildman–Crippen MR) is 80.6 cm³/mol. The van der Waals surface area contributed by atoms with Crippen molar-refractivity contribution in [2.75, 3.05) is 6.54 Å². The Morgan fingerprint density at radius 3 is 2.68 bits per heavy atom. The first-order chi connectivity index (χ1) is 9.15. The van der Waals surface area contributed by atoms with Gasteiger partial charge in [-0.25, -0.2) is 4.39 Å². The summed E-state index contributed by atoms with van der Waals surface area (Å²) in [6, 6.07) is 6.69. The standard InChI is InChI=1S/C15H17ClFNS/c1-3-8-18-14(11-6-4-5-7-12(11)17)15-13(16)10(2)9-19-15/h4-7,9,14,18H,3,8H2,1-2H3. The highest BCUT2D eigenvalue weighted by Gasteiger charge is 2.21. The van der Waals surface area contributed by atoms with Crippen LogP contribution in [0.1, 0.15) is 35.4 Å². The summed E-state index contributed by atoms with van der Waals surface area (Å²) in [6.07, 6.45) is 0.993. The fourth-order valence-electron chi connectivity index (χ4n) is 1.99. The molecule has 0 aliphatic rings. The maximum atomic E-state index is 14.0. The normalized spacial score (nSPS) is 12.6. The van der Waals surface area contributed by atoms with Crippen molar-refractivity contribution in [3.63, 3.8) is 0 Å². The van der Waals surface area contributed by atoms with Crippen molar-refractivity contribution >= 4 is 22.9 Å². The lowest BCUT2D eigenvalue weighted by molar-refractivity contribution is 0.551. The molecule has 1 unspecified atom stereocenters. The molecule has 102 valence electrons. The van der Waals surface area contributed by atoms with Crippen LogP contribution in [0.5, 0.6) is 0 Å². The monoisotopic (exact) mass is 297 g/mol. The molecule has 1 atom stereocenters. The Morgan fingerprint density at radius 2 is 2.11 bits per heavy atom. The van der Waals surface area contributed by atoms with E-state index in [0.29, 0.717) is 5.56 Å². The SMILES string of the molecule is CCCNC(c1ccccc1F)c1scc(C)c1Cl. The maximum Gasteiger partial charge on any atom is 0.128 e. The molecule has 0 aliphatic heterocycles. The van der Waals surface area contributed by atoms with Crippen LogP contribution in [0.3, 0.4) is 0 Å². The summed E-state index contributed by atoms with van der Waals surface area (Å²) >= 11 is 7.91. The van der Waals surface area contributed by atoms with Gasteiger partial charge in [-0.05, 0) is 36.9 Å². The van der Waals surface area contributed by atoms with Gasteiger partial charge in [0, 0.05) is 10.4 Å². The average molecular weight is 298 g/mol. The van der Waals surface area contributed by atoms with E-state index in [9.17, 15) is 4.39 Å². The molecule has 1 aromatic carbocycles. The fraction of sp³-hybridized carbons (Fsp3) is 0.333. The highest BCUT2D eigenvalue weighted by Crippen LogP contribution is 2.36. The Hall–Kier alpha value is -0.900. The van der Waals surface area contributed by atoms with E-state index >= 15 is 0 Å². The van der Waals surface area contributed by atoms with Gasteiger partial charge >= 0.3 is 0 Å². The zero-order chi connectivity index (χ0) is 13.8. The molecular weight excluding hydrogens is 281 g/mol. The molecule has 1 aromatic heterocycles. The molecule has 0 aliphatic carbocycles. The van der Waals surface area contributed by atoms with Crippen molar-refractivity contribution in [1.82, 2.24) is 5.32 Å². The predicted octanol–water partition coefficient (Wildman–Crippen LogP) is 4.94. The molecule has 2 rings (SSSR count). The van der Waals surface area contributed by atoms with Crippen LogP contribution >= 0.6 is 22.9 Å². The number of benzene rings is 1. The number of aryl methyl sites for hydroxylation is 1. The minimum Gasteiger partial charge on any atom is -0.305 e.